The number of likely N-dealkylation sites (tertiary alicyclic amines) is 1. The van der Waals surface area contributed by atoms with Gasteiger partial charge in [-0.2, -0.15) is 0 Å². The van der Waals surface area contributed by atoms with Crippen molar-refractivity contribution in [2.24, 2.45) is 16.6 Å². The van der Waals surface area contributed by atoms with Gasteiger partial charge in [-0.05, 0) is 74.2 Å². The van der Waals surface area contributed by atoms with E-state index in [1.54, 1.807) is 21.3 Å². The number of benzene rings is 2. The molecule has 174 valence electrons. The van der Waals surface area contributed by atoms with Gasteiger partial charge in [0.25, 0.3) is 0 Å². The van der Waals surface area contributed by atoms with Crippen LogP contribution in [-0.4, -0.2) is 58.9 Å². The Morgan fingerprint density at radius 1 is 1.06 bits per heavy atom. The molecule has 7 heteroatoms. The third-order valence-electron chi connectivity index (χ3n) is 6.13. The number of nitrogens with zero attached hydrogens (tertiary/aromatic N) is 2. The van der Waals surface area contributed by atoms with Crippen molar-refractivity contribution in [1.82, 2.24) is 10.2 Å². The van der Waals surface area contributed by atoms with Crippen LogP contribution in [0.15, 0.2) is 47.5 Å². The Bertz CT molecular complexity index is 885. The fourth-order valence-corrected chi connectivity index (χ4v) is 4.42. The van der Waals surface area contributed by atoms with E-state index in [4.69, 9.17) is 19.9 Å². The molecule has 1 aliphatic heterocycles. The summed E-state index contributed by atoms with van der Waals surface area (Å²) in [5, 5.41) is 3.24. The maximum atomic E-state index is 6.18. The molecule has 2 aromatic carbocycles. The molecule has 2 aromatic rings. The Hall–Kier alpha value is -2.93. The van der Waals surface area contributed by atoms with E-state index in [2.05, 4.69) is 34.4 Å². The monoisotopic (exact) mass is 440 g/mol. The molecule has 0 saturated carbocycles. The first-order chi connectivity index (χ1) is 15.5. The van der Waals surface area contributed by atoms with E-state index in [1.165, 1.54) is 12.0 Å². The van der Waals surface area contributed by atoms with Crippen molar-refractivity contribution < 1.29 is 14.2 Å². The lowest BCUT2D eigenvalue weighted by Crippen LogP contribution is -2.38. The van der Waals surface area contributed by atoms with Crippen LogP contribution in [0, 0.1) is 5.92 Å². The highest BCUT2D eigenvalue weighted by atomic mass is 16.5. The largest absolute Gasteiger partial charge is 0.497 e. The van der Waals surface area contributed by atoms with Crippen LogP contribution in [0.5, 0.6) is 17.2 Å². The summed E-state index contributed by atoms with van der Waals surface area (Å²) in [6.45, 7) is 2.50. The maximum Gasteiger partial charge on any atom is 0.188 e. The second kappa shape index (κ2) is 11.6. The number of nitrogens with two attached hydrogens (primary N) is 1. The lowest BCUT2D eigenvalue weighted by molar-refractivity contribution is 0.125. The van der Waals surface area contributed by atoms with Gasteiger partial charge in [-0.25, -0.2) is 0 Å². The summed E-state index contributed by atoms with van der Waals surface area (Å²) in [6.07, 6.45) is 3.14. The number of guanidine groups is 1. The molecular formula is C25H36N4O3. The molecule has 1 fully saturated rings. The molecule has 0 aromatic heterocycles. The Balaban J connectivity index is 1.56. The molecule has 32 heavy (non-hydrogen) atoms. The van der Waals surface area contributed by atoms with Gasteiger partial charge < -0.3 is 25.3 Å². The average Bonchev–Trinajstić information content (AvgIpc) is 2.82. The third-order valence-corrected chi connectivity index (χ3v) is 6.13. The quantitative estimate of drug-likeness (QED) is 0.460. The molecule has 3 rings (SSSR count). The third kappa shape index (κ3) is 6.07. The SMILES string of the molecule is COc1ccc(C2C(CN=C(N)NCCc3ccc(OC)c(OC)c3)CCCN2C)cc1. The van der Waals surface area contributed by atoms with E-state index < -0.39 is 0 Å². The molecule has 0 bridgehead atoms. The van der Waals surface area contributed by atoms with Crippen LogP contribution in [0.3, 0.4) is 0 Å². The summed E-state index contributed by atoms with van der Waals surface area (Å²) in [5.74, 6) is 3.26. The molecule has 2 atom stereocenters. The Morgan fingerprint density at radius 2 is 1.81 bits per heavy atom. The van der Waals surface area contributed by atoms with Crippen LogP contribution >= 0.6 is 0 Å². The lowest BCUT2D eigenvalue weighted by atomic mass is 9.85. The van der Waals surface area contributed by atoms with Crippen LogP contribution in [0.1, 0.15) is 30.0 Å². The van der Waals surface area contributed by atoms with E-state index in [9.17, 15) is 0 Å². The van der Waals surface area contributed by atoms with Crippen molar-refractivity contribution in [3.8, 4) is 17.2 Å². The molecule has 1 heterocycles. The van der Waals surface area contributed by atoms with Gasteiger partial charge >= 0.3 is 0 Å². The topological polar surface area (TPSA) is 81.3 Å². The Labute approximate surface area is 191 Å². The standard InChI is InChI=1S/C25H36N4O3/c1-29-15-5-6-20(24(29)19-8-10-21(30-2)11-9-19)17-28-25(26)27-14-13-18-7-12-22(31-3)23(16-18)32-4/h7-12,16,20,24H,5-6,13-15,17H2,1-4H3,(H3,26,27,28). The predicted molar refractivity (Wildman–Crippen MR) is 129 cm³/mol. The zero-order chi connectivity index (χ0) is 22.9. The first kappa shape index (κ1) is 23.7. The molecule has 1 aliphatic rings. The Morgan fingerprint density at radius 3 is 2.50 bits per heavy atom. The minimum Gasteiger partial charge on any atom is -0.497 e. The predicted octanol–water partition coefficient (Wildman–Crippen LogP) is 3.24. The van der Waals surface area contributed by atoms with Crippen molar-refractivity contribution >= 4 is 5.96 Å². The number of rotatable bonds is 9. The normalized spacial score (nSPS) is 19.4. The number of hydrogen-bond acceptors (Lipinski definition) is 5. The van der Waals surface area contributed by atoms with Crippen molar-refractivity contribution in [2.75, 3.05) is 48.0 Å². The summed E-state index contributed by atoms with van der Waals surface area (Å²) < 4.78 is 16.0. The van der Waals surface area contributed by atoms with Crippen molar-refractivity contribution in [2.45, 2.75) is 25.3 Å². The summed E-state index contributed by atoms with van der Waals surface area (Å²) in [7, 11) is 7.17. The highest BCUT2D eigenvalue weighted by molar-refractivity contribution is 5.77. The van der Waals surface area contributed by atoms with Crippen LogP contribution < -0.4 is 25.3 Å². The maximum absolute atomic E-state index is 6.18. The van der Waals surface area contributed by atoms with Gasteiger partial charge in [0.15, 0.2) is 17.5 Å². The van der Waals surface area contributed by atoms with Crippen molar-refractivity contribution in [1.29, 1.82) is 0 Å². The summed E-state index contributed by atoms with van der Waals surface area (Å²) in [5.41, 5.74) is 8.63. The van der Waals surface area contributed by atoms with Gasteiger partial charge in [0.05, 0.1) is 21.3 Å². The number of piperidine rings is 1. The first-order valence-electron chi connectivity index (χ1n) is 11.1. The smallest absolute Gasteiger partial charge is 0.188 e. The van der Waals surface area contributed by atoms with Gasteiger partial charge in [0.1, 0.15) is 5.75 Å². The fraction of sp³-hybridized carbons (Fsp3) is 0.480. The van der Waals surface area contributed by atoms with Gasteiger partial charge in [-0.1, -0.05) is 18.2 Å². The number of nitrogens with one attached hydrogen (secondary N) is 1. The van der Waals surface area contributed by atoms with E-state index >= 15 is 0 Å². The summed E-state index contributed by atoms with van der Waals surface area (Å²) >= 11 is 0. The Kier molecular flexibility index (Phi) is 8.62. The molecule has 0 aliphatic carbocycles. The van der Waals surface area contributed by atoms with Gasteiger partial charge in [-0.15, -0.1) is 0 Å². The van der Waals surface area contributed by atoms with Crippen molar-refractivity contribution in [3.05, 3.63) is 53.6 Å². The average molecular weight is 441 g/mol. The van der Waals surface area contributed by atoms with Crippen LogP contribution in [-0.2, 0) is 6.42 Å². The zero-order valence-corrected chi connectivity index (χ0v) is 19.6. The highest BCUT2D eigenvalue weighted by Crippen LogP contribution is 2.35. The first-order valence-corrected chi connectivity index (χ1v) is 11.1. The van der Waals surface area contributed by atoms with Crippen LogP contribution in [0.25, 0.3) is 0 Å². The second-order valence-corrected chi connectivity index (χ2v) is 8.19. The van der Waals surface area contributed by atoms with E-state index in [0.717, 1.165) is 42.2 Å². The minimum atomic E-state index is 0.331. The number of methoxy groups -OCH3 is 3. The molecule has 7 nitrogen and oxygen atoms in total. The van der Waals surface area contributed by atoms with E-state index in [0.29, 0.717) is 31.0 Å². The van der Waals surface area contributed by atoms with Crippen LogP contribution in [0.4, 0.5) is 0 Å². The fourth-order valence-electron chi connectivity index (χ4n) is 4.42. The molecule has 3 N–H and O–H groups in total. The number of aliphatic imine (C=N–C) groups is 1. The molecule has 0 amide bonds. The highest BCUT2D eigenvalue weighted by Gasteiger charge is 2.30. The van der Waals surface area contributed by atoms with E-state index in [-0.39, 0.29) is 0 Å². The molecule has 1 saturated heterocycles. The van der Waals surface area contributed by atoms with Gasteiger partial charge in [0.2, 0.25) is 0 Å². The molecule has 2 unspecified atom stereocenters. The second-order valence-electron chi connectivity index (χ2n) is 8.19. The number of ether oxygens (including phenoxy) is 3. The van der Waals surface area contributed by atoms with Gasteiger partial charge in [0, 0.05) is 19.1 Å². The van der Waals surface area contributed by atoms with E-state index in [1.807, 2.05) is 30.3 Å². The zero-order valence-electron chi connectivity index (χ0n) is 19.6. The minimum absolute atomic E-state index is 0.331. The molecule has 0 radical (unpaired) electrons. The summed E-state index contributed by atoms with van der Waals surface area (Å²) in [4.78, 5) is 7.09. The van der Waals surface area contributed by atoms with Gasteiger partial charge in [-0.3, -0.25) is 9.89 Å². The molecular weight excluding hydrogens is 404 g/mol. The summed E-state index contributed by atoms with van der Waals surface area (Å²) in [6, 6.07) is 14.7. The van der Waals surface area contributed by atoms with Crippen LogP contribution in [0.2, 0.25) is 0 Å². The lowest BCUT2D eigenvalue weighted by Gasteiger charge is -2.39. The van der Waals surface area contributed by atoms with Crippen molar-refractivity contribution in [3.63, 3.8) is 0 Å². The number of hydrogen-bond donors (Lipinski definition) is 2. The molecule has 0 spiro atoms.